The molecule has 0 radical (unpaired) electrons. The van der Waals surface area contributed by atoms with E-state index in [0.717, 1.165) is 17.7 Å². The van der Waals surface area contributed by atoms with Gasteiger partial charge in [-0.15, -0.1) is 0 Å². The smallest absolute Gasteiger partial charge is 0.416 e. The van der Waals surface area contributed by atoms with Crippen LogP contribution in [-0.4, -0.2) is 30.1 Å². The molecule has 2 N–H and O–H groups in total. The first-order valence-corrected chi connectivity index (χ1v) is 9.15. The van der Waals surface area contributed by atoms with Gasteiger partial charge in [0.1, 0.15) is 12.4 Å². The summed E-state index contributed by atoms with van der Waals surface area (Å²) in [5.74, 6) is -0.577. The average Bonchev–Trinajstić information content (AvgIpc) is 3.27. The van der Waals surface area contributed by atoms with E-state index in [-0.39, 0.29) is 24.5 Å². The summed E-state index contributed by atoms with van der Waals surface area (Å²) < 4.78 is 48.9. The zero-order valence-electron chi connectivity index (χ0n) is 16.3. The van der Waals surface area contributed by atoms with Gasteiger partial charge in [0.15, 0.2) is 0 Å². The Morgan fingerprint density at radius 1 is 1.10 bits per heavy atom. The number of anilines is 1. The summed E-state index contributed by atoms with van der Waals surface area (Å²) in [7, 11) is 0. The summed E-state index contributed by atoms with van der Waals surface area (Å²) >= 11 is 0. The predicted molar refractivity (Wildman–Crippen MR) is 105 cm³/mol. The number of halogens is 3. The third-order valence-corrected chi connectivity index (χ3v) is 4.20. The monoisotopic (exact) mass is 433 g/mol. The molecular formula is C21H18F3N3O4. The van der Waals surface area contributed by atoms with Crippen LogP contribution in [-0.2, 0) is 6.18 Å². The number of hydrogen-bond acceptors (Lipinski definition) is 5. The predicted octanol–water partition coefficient (Wildman–Crippen LogP) is 4.06. The lowest BCUT2D eigenvalue weighted by Crippen LogP contribution is -2.27. The third-order valence-electron chi connectivity index (χ3n) is 4.20. The highest BCUT2D eigenvalue weighted by Crippen LogP contribution is 2.30. The van der Waals surface area contributed by atoms with Crippen LogP contribution in [0.1, 0.15) is 32.0 Å². The number of nitrogens with one attached hydrogen (secondary N) is 2. The van der Waals surface area contributed by atoms with Crippen molar-refractivity contribution in [1.82, 2.24) is 10.5 Å². The van der Waals surface area contributed by atoms with Gasteiger partial charge in [-0.2, -0.15) is 13.2 Å². The van der Waals surface area contributed by atoms with Crippen LogP contribution in [0.2, 0.25) is 0 Å². The average molecular weight is 433 g/mol. The van der Waals surface area contributed by atoms with Gasteiger partial charge in [-0.05, 0) is 36.8 Å². The Bertz CT molecular complexity index is 1070. The summed E-state index contributed by atoms with van der Waals surface area (Å²) in [6.45, 7) is 2.13. The fourth-order valence-electron chi connectivity index (χ4n) is 2.62. The van der Waals surface area contributed by atoms with Crippen molar-refractivity contribution in [1.29, 1.82) is 0 Å². The van der Waals surface area contributed by atoms with Crippen LogP contribution >= 0.6 is 0 Å². The van der Waals surface area contributed by atoms with Crippen molar-refractivity contribution in [3.63, 3.8) is 0 Å². The number of hydrogen-bond donors (Lipinski definition) is 2. The molecule has 0 aliphatic rings. The van der Waals surface area contributed by atoms with Gasteiger partial charge in [0.25, 0.3) is 11.8 Å². The van der Waals surface area contributed by atoms with Crippen LogP contribution < -0.4 is 15.4 Å². The SMILES string of the molecule is Cc1ccc(NC(=O)c2cccc(C(F)(F)F)c2)cc1OCCNC(=O)c1ccno1. The largest absolute Gasteiger partial charge is 0.491 e. The van der Waals surface area contributed by atoms with Crippen molar-refractivity contribution in [2.45, 2.75) is 13.1 Å². The summed E-state index contributed by atoms with van der Waals surface area (Å²) in [6.07, 6.45) is -3.18. The molecule has 0 fully saturated rings. The minimum atomic E-state index is -4.54. The van der Waals surface area contributed by atoms with E-state index in [1.54, 1.807) is 25.1 Å². The molecule has 0 spiro atoms. The number of carbonyl (C=O) groups excluding carboxylic acids is 2. The molecule has 7 nitrogen and oxygen atoms in total. The van der Waals surface area contributed by atoms with Crippen molar-refractivity contribution >= 4 is 17.5 Å². The highest BCUT2D eigenvalue weighted by molar-refractivity contribution is 6.04. The highest BCUT2D eigenvalue weighted by Gasteiger charge is 2.30. The van der Waals surface area contributed by atoms with Gasteiger partial charge in [0.2, 0.25) is 5.76 Å². The van der Waals surface area contributed by atoms with E-state index in [4.69, 9.17) is 9.26 Å². The topological polar surface area (TPSA) is 93.5 Å². The minimum absolute atomic E-state index is 0.0792. The normalized spacial score (nSPS) is 11.1. The Balaban J connectivity index is 1.59. The van der Waals surface area contributed by atoms with Crippen LogP contribution in [0.3, 0.4) is 0 Å². The fourth-order valence-corrected chi connectivity index (χ4v) is 2.62. The molecule has 0 aliphatic carbocycles. The van der Waals surface area contributed by atoms with Crippen molar-refractivity contribution < 1.29 is 32.0 Å². The number of rotatable bonds is 7. The molecule has 1 aromatic heterocycles. The van der Waals surface area contributed by atoms with E-state index in [1.807, 2.05) is 0 Å². The molecule has 10 heteroatoms. The number of aryl methyl sites for hydroxylation is 1. The third kappa shape index (κ3) is 5.84. The molecule has 0 atom stereocenters. The lowest BCUT2D eigenvalue weighted by atomic mass is 10.1. The Hall–Kier alpha value is -3.82. The quantitative estimate of drug-likeness (QED) is 0.548. The van der Waals surface area contributed by atoms with Crippen LogP contribution in [0.5, 0.6) is 5.75 Å². The molecule has 31 heavy (non-hydrogen) atoms. The molecule has 0 aliphatic heterocycles. The number of carbonyl (C=O) groups is 2. The lowest BCUT2D eigenvalue weighted by Gasteiger charge is -2.13. The van der Waals surface area contributed by atoms with Crippen LogP contribution in [0.15, 0.2) is 59.3 Å². The number of amides is 2. The van der Waals surface area contributed by atoms with E-state index < -0.39 is 23.6 Å². The van der Waals surface area contributed by atoms with E-state index >= 15 is 0 Å². The van der Waals surface area contributed by atoms with Gasteiger partial charge in [-0.1, -0.05) is 17.3 Å². The fraction of sp³-hybridized carbons (Fsp3) is 0.190. The van der Waals surface area contributed by atoms with E-state index in [9.17, 15) is 22.8 Å². The molecule has 3 rings (SSSR count). The van der Waals surface area contributed by atoms with Gasteiger partial charge >= 0.3 is 6.18 Å². The maximum absolute atomic E-state index is 12.9. The van der Waals surface area contributed by atoms with Gasteiger partial charge < -0.3 is 19.9 Å². The van der Waals surface area contributed by atoms with E-state index in [1.165, 1.54) is 24.4 Å². The number of benzene rings is 2. The maximum atomic E-state index is 12.9. The van der Waals surface area contributed by atoms with Gasteiger partial charge in [-0.25, -0.2) is 0 Å². The van der Waals surface area contributed by atoms with Gasteiger partial charge in [-0.3, -0.25) is 9.59 Å². The summed E-state index contributed by atoms with van der Waals surface area (Å²) in [4.78, 5) is 24.1. The maximum Gasteiger partial charge on any atom is 0.416 e. The molecule has 1 heterocycles. The molecule has 2 aromatic carbocycles. The van der Waals surface area contributed by atoms with Crippen molar-refractivity contribution in [2.24, 2.45) is 0 Å². The Kier molecular flexibility index (Phi) is 6.58. The first-order chi connectivity index (χ1) is 14.7. The van der Waals surface area contributed by atoms with Crippen LogP contribution in [0.25, 0.3) is 0 Å². The lowest BCUT2D eigenvalue weighted by molar-refractivity contribution is -0.137. The molecule has 162 valence electrons. The molecule has 0 saturated carbocycles. The second-order valence-electron chi connectivity index (χ2n) is 6.49. The molecule has 0 bridgehead atoms. The number of aromatic nitrogens is 1. The Labute approximate surface area is 175 Å². The summed E-state index contributed by atoms with van der Waals surface area (Å²) in [6, 6.07) is 10.5. The van der Waals surface area contributed by atoms with Crippen LogP contribution in [0.4, 0.5) is 18.9 Å². The first kappa shape index (κ1) is 21.9. The van der Waals surface area contributed by atoms with Crippen molar-refractivity contribution in [3.05, 3.63) is 77.2 Å². The van der Waals surface area contributed by atoms with Gasteiger partial charge in [0.05, 0.1) is 18.3 Å². The number of nitrogens with zero attached hydrogens (tertiary/aromatic N) is 1. The number of ether oxygens (including phenoxy) is 1. The molecule has 0 saturated heterocycles. The Morgan fingerprint density at radius 2 is 1.90 bits per heavy atom. The van der Waals surface area contributed by atoms with Crippen molar-refractivity contribution in [2.75, 3.05) is 18.5 Å². The zero-order valence-corrected chi connectivity index (χ0v) is 16.3. The molecule has 0 unspecified atom stereocenters. The Morgan fingerprint density at radius 3 is 2.61 bits per heavy atom. The first-order valence-electron chi connectivity index (χ1n) is 9.15. The zero-order chi connectivity index (χ0) is 22.4. The summed E-state index contributed by atoms with van der Waals surface area (Å²) in [5, 5.41) is 8.60. The molecule has 2 amide bonds. The van der Waals surface area contributed by atoms with Crippen molar-refractivity contribution in [3.8, 4) is 5.75 Å². The number of alkyl halides is 3. The van der Waals surface area contributed by atoms with E-state index in [0.29, 0.717) is 11.4 Å². The second kappa shape index (κ2) is 9.33. The molecular weight excluding hydrogens is 415 g/mol. The highest BCUT2D eigenvalue weighted by atomic mass is 19.4. The second-order valence-corrected chi connectivity index (χ2v) is 6.49. The summed E-state index contributed by atoms with van der Waals surface area (Å²) in [5.41, 5.74) is 0.112. The van der Waals surface area contributed by atoms with E-state index in [2.05, 4.69) is 15.8 Å². The van der Waals surface area contributed by atoms with Gasteiger partial charge in [0, 0.05) is 23.4 Å². The van der Waals surface area contributed by atoms with Crippen LogP contribution in [0, 0.1) is 6.92 Å². The standard InChI is InChI=1S/C21H18F3N3O4/c1-13-5-6-16(27-19(28)14-3-2-4-15(11-14)21(22,23)24)12-18(13)30-10-9-25-20(29)17-7-8-26-31-17/h2-8,11-12H,9-10H2,1H3,(H,25,29)(H,27,28). The minimum Gasteiger partial charge on any atom is -0.491 e. The molecule has 3 aromatic rings.